The number of primary amides is 1. The zero-order chi connectivity index (χ0) is 12.8. The van der Waals surface area contributed by atoms with E-state index in [9.17, 15) is 8.42 Å². The summed E-state index contributed by atoms with van der Waals surface area (Å²) in [7, 11) is -3.57. The van der Waals surface area contributed by atoms with Gasteiger partial charge in [0.05, 0.1) is 4.90 Å². The summed E-state index contributed by atoms with van der Waals surface area (Å²) >= 11 is 0. The molecule has 0 aromatic heterocycles. The van der Waals surface area contributed by atoms with Crippen molar-refractivity contribution in [1.82, 2.24) is 0 Å². The van der Waals surface area contributed by atoms with Crippen LogP contribution in [0.25, 0.3) is 0 Å². The fourth-order valence-corrected chi connectivity index (χ4v) is 1.33. The summed E-state index contributed by atoms with van der Waals surface area (Å²) in [5, 5.41) is 12.1. The van der Waals surface area contributed by atoms with E-state index in [4.69, 9.17) is 20.8 Å². The van der Waals surface area contributed by atoms with Crippen molar-refractivity contribution in [2.45, 2.75) is 11.4 Å². The third kappa shape index (κ3) is 5.96. The van der Waals surface area contributed by atoms with Crippen molar-refractivity contribution in [2.75, 3.05) is 0 Å². The fourth-order valence-electron chi connectivity index (χ4n) is 0.815. The van der Waals surface area contributed by atoms with E-state index in [1.807, 2.05) is 0 Å². The average Bonchev–Trinajstić information content (AvgIpc) is 2.16. The van der Waals surface area contributed by atoms with E-state index in [-0.39, 0.29) is 4.90 Å². The minimum absolute atomic E-state index is 0.111. The van der Waals surface area contributed by atoms with E-state index in [1.54, 1.807) is 12.1 Å². The second-order valence-electron chi connectivity index (χ2n) is 2.73. The van der Waals surface area contributed by atoms with E-state index in [1.165, 1.54) is 12.1 Å². The molecule has 7 N–H and O–H groups in total. The standard InChI is InChI=1S/C7H10N2O2S.CH3NO2/c8-5-6-1-3-7(4-2-6)12(9,10)11;2-1(3)4/h1-4H,5,8H2,(H2,9,10,11);2H2,(H,3,4). The molecule has 0 aliphatic rings. The Morgan fingerprint density at radius 1 is 1.25 bits per heavy atom. The molecule has 0 radical (unpaired) electrons. The third-order valence-electron chi connectivity index (χ3n) is 1.49. The summed E-state index contributed by atoms with van der Waals surface area (Å²) in [6.45, 7) is 0.394. The molecule has 8 heteroatoms. The van der Waals surface area contributed by atoms with Crippen molar-refractivity contribution >= 4 is 16.1 Å². The Morgan fingerprint density at radius 2 is 1.62 bits per heavy atom. The molecule has 0 saturated heterocycles. The van der Waals surface area contributed by atoms with Crippen LogP contribution >= 0.6 is 0 Å². The predicted octanol–water partition coefficient (Wildman–Crippen LogP) is -0.584. The van der Waals surface area contributed by atoms with Gasteiger partial charge in [-0.25, -0.2) is 18.4 Å². The minimum atomic E-state index is -3.57. The second-order valence-corrected chi connectivity index (χ2v) is 4.29. The number of sulfonamides is 1. The van der Waals surface area contributed by atoms with Crippen LogP contribution in [0.15, 0.2) is 29.2 Å². The lowest BCUT2D eigenvalue weighted by atomic mass is 10.2. The molecule has 0 atom stereocenters. The quantitative estimate of drug-likeness (QED) is 0.551. The molecule has 0 fully saturated rings. The molecule has 0 saturated carbocycles. The Labute approximate surface area is 92.9 Å². The van der Waals surface area contributed by atoms with Crippen LogP contribution in [0.2, 0.25) is 0 Å². The SMILES string of the molecule is NC(=O)O.NCc1ccc(S(N)(=O)=O)cc1. The van der Waals surface area contributed by atoms with E-state index in [2.05, 4.69) is 5.73 Å². The molecule has 1 rings (SSSR count). The first-order valence-corrected chi connectivity index (χ1v) is 5.62. The monoisotopic (exact) mass is 247 g/mol. The zero-order valence-corrected chi connectivity index (χ0v) is 9.15. The van der Waals surface area contributed by atoms with Crippen LogP contribution in [0.1, 0.15) is 5.56 Å². The molecular weight excluding hydrogens is 234 g/mol. The number of rotatable bonds is 2. The van der Waals surface area contributed by atoms with Gasteiger partial charge in [0.1, 0.15) is 0 Å². The van der Waals surface area contributed by atoms with Crippen LogP contribution in [0.4, 0.5) is 4.79 Å². The lowest BCUT2D eigenvalue weighted by molar-refractivity contribution is 0.205. The fraction of sp³-hybridized carbons (Fsp3) is 0.125. The number of benzene rings is 1. The van der Waals surface area contributed by atoms with Gasteiger partial charge in [-0.15, -0.1) is 0 Å². The van der Waals surface area contributed by atoms with Crippen molar-refractivity contribution in [3.63, 3.8) is 0 Å². The van der Waals surface area contributed by atoms with Crippen molar-refractivity contribution in [3.05, 3.63) is 29.8 Å². The van der Waals surface area contributed by atoms with Crippen molar-refractivity contribution in [2.24, 2.45) is 16.6 Å². The number of hydrogen-bond donors (Lipinski definition) is 4. The molecule has 0 aliphatic carbocycles. The number of carbonyl (C=O) groups is 1. The molecule has 7 nitrogen and oxygen atoms in total. The Bertz CT molecular complexity index is 437. The van der Waals surface area contributed by atoms with Gasteiger partial charge in [-0.1, -0.05) is 12.1 Å². The largest absolute Gasteiger partial charge is 0.465 e. The third-order valence-corrected chi connectivity index (χ3v) is 2.42. The highest BCUT2D eigenvalue weighted by atomic mass is 32.2. The summed E-state index contributed by atoms with van der Waals surface area (Å²) in [5.74, 6) is 0. The number of nitrogens with two attached hydrogens (primary N) is 3. The van der Waals surface area contributed by atoms with Crippen molar-refractivity contribution < 1.29 is 18.3 Å². The molecular formula is C8H13N3O4S. The Hall–Kier alpha value is -1.64. The summed E-state index contributed by atoms with van der Waals surface area (Å²) in [6.07, 6.45) is -1.33. The lowest BCUT2D eigenvalue weighted by Gasteiger charge is -1.98. The number of carboxylic acid groups (broad SMARTS) is 1. The maximum atomic E-state index is 10.8. The summed E-state index contributed by atoms with van der Waals surface area (Å²) in [5.41, 5.74) is 10.2. The van der Waals surface area contributed by atoms with Gasteiger partial charge < -0.3 is 16.6 Å². The highest BCUT2D eigenvalue weighted by molar-refractivity contribution is 7.89. The van der Waals surface area contributed by atoms with Gasteiger partial charge in [0.25, 0.3) is 0 Å². The van der Waals surface area contributed by atoms with Gasteiger partial charge in [0, 0.05) is 6.54 Å². The van der Waals surface area contributed by atoms with Crippen LogP contribution in [-0.2, 0) is 16.6 Å². The minimum Gasteiger partial charge on any atom is -0.465 e. The van der Waals surface area contributed by atoms with Crippen LogP contribution < -0.4 is 16.6 Å². The highest BCUT2D eigenvalue weighted by Gasteiger charge is 2.05. The number of amides is 1. The Morgan fingerprint density at radius 3 is 1.88 bits per heavy atom. The lowest BCUT2D eigenvalue weighted by Crippen LogP contribution is -2.12. The molecule has 0 spiro atoms. The maximum absolute atomic E-state index is 10.8. The maximum Gasteiger partial charge on any atom is 0.402 e. The van der Waals surface area contributed by atoms with Gasteiger partial charge in [-0.2, -0.15) is 0 Å². The van der Waals surface area contributed by atoms with Crippen molar-refractivity contribution in [1.29, 1.82) is 0 Å². The summed E-state index contributed by atoms with van der Waals surface area (Å²) in [6, 6.07) is 6.16. The van der Waals surface area contributed by atoms with E-state index in [0.29, 0.717) is 6.54 Å². The van der Waals surface area contributed by atoms with Gasteiger partial charge in [0.2, 0.25) is 10.0 Å². The molecule has 1 aromatic carbocycles. The Balaban J connectivity index is 0.000000487. The first-order valence-electron chi connectivity index (χ1n) is 4.07. The molecule has 0 heterocycles. The van der Waals surface area contributed by atoms with Gasteiger partial charge in [-0.05, 0) is 17.7 Å². The van der Waals surface area contributed by atoms with Crippen LogP contribution in [0, 0.1) is 0 Å². The van der Waals surface area contributed by atoms with Crippen molar-refractivity contribution in [3.8, 4) is 0 Å². The molecule has 90 valence electrons. The molecule has 1 amide bonds. The predicted molar refractivity (Wildman–Crippen MR) is 57.9 cm³/mol. The number of hydrogen-bond acceptors (Lipinski definition) is 4. The summed E-state index contributed by atoms with van der Waals surface area (Å²) < 4.78 is 21.6. The first kappa shape index (κ1) is 14.4. The average molecular weight is 247 g/mol. The van der Waals surface area contributed by atoms with Gasteiger partial charge in [-0.3, -0.25) is 0 Å². The van der Waals surface area contributed by atoms with E-state index >= 15 is 0 Å². The molecule has 0 bridgehead atoms. The zero-order valence-electron chi connectivity index (χ0n) is 8.33. The molecule has 0 unspecified atom stereocenters. The number of primary sulfonamides is 1. The first-order chi connectivity index (χ1) is 7.27. The second kappa shape index (κ2) is 6.05. The normalized spacial score (nSPS) is 10.1. The van der Waals surface area contributed by atoms with Gasteiger partial charge >= 0.3 is 6.09 Å². The summed E-state index contributed by atoms with van der Waals surface area (Å²) in [4.78, 5) is 8.89. The van der Waals surface area contributed by atoms with E-state index in [0.717, 1.165) is 5.56 Å². The van der Waals surface area contributed by atoms with Gasteiger partial charge in [0.15, 0.2) is 0 Å². The highest BCUT2D eigenvalue weighted by Crippen LogP contribution is 2.07. The van der Waals surface area contributed by atoms with Crippen LogP contribution in [0.3, 0.4) is 0 Å². The molecule has 0 aliphatic heterocycles. The Kier molecular flexibility index (Phi) is 5.43. The molecule has 1 aromatic rings. The molecule has 16 heavy (non-hydrogen) atoms. The smallest absolute Gasteiger partial charge is 0.402 e. The topological polar surface area (TPSA) is 150 Å². The van der Waals surface area contributed by atoms with Crippen LogP contribution in [0.5, 0.6) is 0 Å². The van der Waals surface area contributed by atoms with Crippen LogP contribution in [-0.4, -0.2) is 19.6 Å². The van der Waals surface area contributed by atoms with E-state index < -0.39 is 16.1 Å².